The van der Waals surface area contributed by atoms with Crippen LogP contribution in [0.25, 0.3) is 0 Å². The fourth-order valence-corrected chi connectivity index (χ4v) is 2.70. The van der Waals surface area contributed by atoms with E-state index >= 15 is 0 Å². The van der Waals surface area contributed by atoms with Gasteiger partial charge in [0.15, 0.2) is 0 Å². The SMILES string of the molecule is CCN(CC)CCCN(CC)C(=O)c1cccc(F)c1Br. The summed E-state index contributed by atoms with van der Waals surface area (Å²) in [4.78, 5) is 16.6. The number of carbonyl (C=O) groups is 1. The summed E-state index contributed by atoms with van der Waals surface area (Å²) in [5.74, 6) is -0.525. The van der Waals surface area contributed by atoms with Crippen molar-refractivity contribution in [3.05, 3.63) is 34.1 Å². The molecular formula is C16H24BrFN2O. The Labute approximate surface area is 135 Å². The summed E-state index contributed by atoms with van der Waals surface area (Å²) in [6.45, 7) is 10.5. The molecule has 3 nitrogen and oxygen atoms in total. The first kappa shape index (κ1) is 18.1. The molecule has 0 atom stereocenters. The maximum Gasteiger partial charge on any atom is 0.255 e. The van der Waals surface area contributed by atoms with Gasteiger partial charge in [-0.05, 0) is 61.0 Å². The number of hydrogen-bond donors (Lipinski definition) is 0. The first-order valence-electron chi connectivity index (χ1n) is 7.50. The molecule has 1 rings (SSSR count). The third-order valence-electron chi connectivity index (χ3n) is 3.65. The van der Waals surface area contributed by atoms with Crippen LogP contribution in [0.5, 0.6) is 0 Å². The second kappa shape index (κ2) is 9.15. The van der Waals surface area contributed by atoms with Gasteiger partial charge in [-0.2, -0.15) is 0 Å². The Morgan fingerprint density at radius 3 is 2.38 bits per heavy atom. The highest BCUT2D eigenvalue weighted by Crippen LogP contribution is 2.22. The van der Waals surface area contributed by atoms with Gasteiger partial charge in [0, 0.05) is 13.1 Å². The summed E-state index contributed by atoms with van der Waals surface area (Å²) in [6, 6.07) is 4.57. The molecule has 21 heavy (non-hydrogen) atoms. The van der Waals surface area contributed by atoms with Crippen molar-refractivity contribution < 1.29 is 9.18 Å². The highest BCUT2D eigenvalue weighted by molar-refractivity contribution is 9.10. The Bertz CT molecular complexity index is 464. The van der Waals surface area contributed by atoms with Crippen LogP contribution in [0.1, 0.15) is 37.6 Å². The van der Waals surface area contributed by atoms with Crippen LogP contribution in [0.4, 0.5) is 4.39 Å². The smallest absolute Gasteiger partial charge is 0.255 e. The van der Waals surface area contributed by atoms with E-state index in [0.29, 0.717) is 18.7 Å². The zero-order chi connectivity index (χ0) is 15.8. The topological polar surface area (TPSA) is 23.6 Å². The summed E-state index contributed by atoms with van der Waals surface area (Å²) in [5.41, 5.74) is 0.389. The van der Waals surface area contributed by atoms with Crippen molar-refractivity contribution in [1.82, 2.24) is 9.80 Å². The minimum absolute atomic E-state index is 0.122. The molecule has 1 aromatic carbocycles. The molecule has 0 N–H and O–H groups in total. The lowest BCUT2D eigenvalue weighted by atomic mass is 10.2. The molecule has 1 aromatic rings. The molecule has 1 amide bonds. The lowest BCUT2D eigenvalue weighted by Gasteiger charge is -2.24. The van der Waals surface area contributed by atoms with E-state index < -0.39 is 5.82 Å². The van der Waals surface area contributed by atoms with Crippen molar-refractivity contribution in [2.45, 2.75) is 27.2 Å². The molecule has 0 saturated heterocycles. The molecule has 118 valence electrons. The number of rotatable bonds is 8. The van der Waals surface area contributed by atoms with Gasteiger partial charge in [0.2, 0.25) is 0 Å². The second-order valence-electron chi connectivity index (χ2n) is 4.87. The number of carbonyl (C=O) groups excluding carboxylic acids is 1. The fraction of sp³-hybridized carbons (Fsp3) is 0.562. The maximum atomic E-state index is 13.5. The molecule has 0 radical (unpaired) electrons. The zero-order valence-corrected chi connectivity index (χ0v) is 14.6. The van der Waals surface area contributed by atoms with E-state index in [1.54, 1.807) is 17.0 Å². The molecule has 0 saturated carbocycles. The van der Waals surface area contributed by atoms with E-state index in [1.165, 1.54) is 6.07 Å². The number of hydrogen-bond acceptors (Lipinski definition) is 2. The van der Waals surface area contributed by atoms with Gasteiger partial charge in [-0.1, -0.05) is 19.9 Å². The predicted molar refractivity (Wildman–Crippen MR) is 88.1 cm³/mol. The molecule has 0 aliphatic rings. The van der Waals surface area contributed by atoms with Crippen molar-refractivity contribution in [3.8, 4) is 0 Å². The van der Waals surface area contributed by atoms with Gasteiger partial charge in [-0.15, -0.1) is 0 Å². The molecule has 0 aromatic heterocycles. The Balaban J connectivity index is 2.67. The molecule has 0 heterocycles. The molecular weight excluding hydrogens is 335 g/mol. The standard InChI is InChI=1S/C16H24BrFN2O/c1-4-19(5-2)11-8-12-20(6-3)16(21)13-9-7-10-14(18)15(13)17/h7,9-10H,4-6,8,11-12H2,1-3H3. The first-order chi connectivity index (χ1) is 10.0. The van der Waals surface area contributed by atoms with Gasteiger partial charge in [0.05, 0.1) is 10.0 Å². The van der Waals surface area contributed by atoms with Crippen LogP contribution in [0.15, 0.2) is 22.7 Å². The zero-order valence-electron chi connectivity index (χ0n) is 13.0. The van der Waals surface area contributed by atoms with Gasteiger partial charge in [0.1, 0.15) is 5.82 Å². The summed E-state index contributed by atoms with van der Waals surface area (Å²) in [7, 11) is 0. The van der Waals surface area contributed by atoms with Gasteiger partial charge >= 0.3 is 0 Å². The van der Waals surface area contributed by atoms with Crippen LogP contribution in [-0.2, 0) is 0 Å². The van der Waals surface area contributed by atoms with E-state index in [9.17, 15) is 9.18 Å². The number of halogens is 2. The average Bonchev–Trinajstić information content (AvgIpc) is 2.50. The van der Waals surface area contributed by atoms with E-state index in [2.05, 4.69) is 34.7 Å². The monoisotopic (exact) mass is 358 g/mol. The summed E-state index contributed by atoms with van der Waals surface area (Å²) >= 11 is 3.16. The van der Waals surface area contributed by atoms with E-state index in [-0.39, 0.29) is 10.4 Å². The average molecular weight is 359 g/mol. The van der Waals surface area contributed by atoms with Gasteiger partial charge < -0.3 is 9.80 Å². The quantitative estimate of drug-likeness (QED) is 0.705. The minimum Gasteiger partial charge on any atom is -0.339 e. The normalized spacial score (nSPS) is 11.0. The van der Waals surface area contributed by atoms with Crippen LogP contribution in [-0.4, -0.2) is 48.4 Å². The second-order valence-corrected chi connectivity index (χ2v) is 5.66. The Kier molecular flexibility index (Phi) is 7.89. The van der Waals surface area contributed by atoms with Crippen molar-refractivity contribution in [2.75, 3.05) is 32.7 Å². The van der Waals surface area contributed by atoms with E-state index in [4.69, 9.17) is 0 Å². The third kappa shape index (κ3) is 5.08. The fourth-order valence-electron chi connectivity index (χ4n) is 2.27. The summed E-state index contributed by atoms with van der Waals surface area (Å²) < 4.78 is 13.8. The lowest BCUT2D eigenvalue weighted by Crippen LogP contribution is -2.34. The molecule has 0 aliphatic carbocycles. The van der Waals surface area contributed by atoms with Crippen LogP contribution in [0, 0.1) is 5.82 Å². The van der Waals surface area contributed by atoms with Crippen molar-refractivity contribution >= 4 is 21.8 Å². The molecule has 5 heteroatoms. The van der Waals surface area contributed by atoms with Crippen LogP contribution >= 0.6 is 15.9 Å². The van der Waals surface area contributed by atoms with Crippen molar-refractivity contribution in [3.63, 3.8) is 0 Å². The van der Waals surface area contributed by atoms with Crippen molar-refractivity contribution in [2.24, 2.45) is 0 Å². The molecule has 0 fully saturated rings. The van der Waals surface area contributed by atoms with E-state index in [1.807, 2.05) is 6.92 Å². The summed E-state index contributed by atoms with van der Waals surface area (Å²) in [6.07, 6.45) is 0.925. The third-order valence-corrected chi connectivity index (χ3v) is 4.45. The molecule has 0 aliphatic heterocycles. The Morgan fingerprint density at radius 2 is 1.81 bits per heavy atom. The van der Waals surface area contributed by atoms with Gasteiger partial charge in [-0.25, -0.2) is 4.39 Å². The first-order valence-corrected chi connectivity index (χ1v) is 8.30. The van der Waals surface area contributed by atoms with Crippen LogP contribution < -0.4 is 0 Å². The number of nitrogens with zero attached hydrogens (tertiary/aromatic N) is 2. The number of benzene rings is 1. The van der Waals surface area contributed by atoms with Crippen LogP contribution in [0.3, 0.4) is 0 Å². The molecule has 0 bridgehead atoms. The molecule has 0 unspecified atom stereocenters. The lowest BCUT2D eigenvalue weighted by molar-refractivity contribution is 0.0756. The van der Waals surface area contributed by atoms with E-state index in [0.717, 1.165) is 26.1 Å². The van der Waals surface area contributed by atoms with Gasteiger partial charge in [0.25, 0.3) is 5.91 Å². The Morgan fingerprint density at radius 1 is 1.14 bits per heavy atom. The van der Waals surface area contributed by atoms with Crippen molar-refractivity contribution in [1.29, 1.82) is 0 Å². The highest BCUT2D eigenvalue weighted by Gasteiger charge is 2.18. The van der Waals surface area contributed by atoms with Crippen LogP contribution in [0.2, 0.25) is 0 Å². The summed E-state index contributed by atoms with van der Waals surface area (Å²) in [5, 5.41) is 0. The highest BCUT2D eigenvalue weighted by atomic mass is 79.9. The predicted octanol–water partition coefficient (Wildman–Crippen LogP) is 3.78. The van der Waals surface area contributed by atoms with Gasteiger partial charge in [-0.3, -0.25) is 4.79 Å². The molecule has 0 spiro atoms. The number of amides is 1. The Hall–Kier alpha value is -0.940. The largest absolute Gasteiger partial charge is 0.339 e. The minimum atomic E-state index is -0.403. The maximum absolute atomic E-state index is 13.5.